The molecule has 1 aromatic rings. The second kappa shape index (κ2) is 7.24. The molecule has 1 aliphatic heterocycles. The summed E-state index contributed by atoms with van der Waals surface area (Å²) in [6.07, 6.45) is 0.822. The van der Waals surface area contributed by atoms with Crippen LogP contribution in [0.4, 0.5) is 0 Å². The fourth-order valence-corrected chi connectivity index (χ4v) is 3.29. The monoisotopic (exact) mass is 302 g/mol. The van der Waals surface area contributed by atoms with Gasteiger partial charge in [-0.25, -0.2) is 0 Å². The zero-order chi connectivity index (χ0) is 13.7. The van der Waals surface area contributed by atoms with E-state index in [4.69, 9.17) is 16.3 Å². The number of thiophene rings is 1. The maximum atomic E-state index is 12.1. The van der Waals surface area contributed by atoms with Gasteiger partial charge in [0.05, 0.1) is 23.5 Å². The first-order valence-corrected chi connectivity index (χ1v) is 7.73. The van der Waals surface area contributed by atoms with E-state index in [9.17, 15) is 4.79 Å². The molecule has 1 amide bonds. The van der Waals surface area contributed by atoms with Gasteiger partial charge in [-0.15, -0.1) is 11.3 Å². The molecule has 1 saturated heterocycles. The molecule has 6 heteroatoms. The lowest BCUT2D eigenvalue weighted by atomic mass is 10.0. The van der Waals surface area contributed by atoms with Gasteiger partial charge in [0, 0.05) is 17.5 Å². The minimum Gasteiger partial charge on any atom is -0.379 e. The molecule has 2 atom stereocenters. The van der Waals surface area contributed by atoms with Crippen molar-refractivity contribution in [3.05, 3.63) is 21.3 Å². The van der Waals surface area contributed by atoms with Crippen molar-refractivity contribution in [1.82, 2.24) is 10.6 Å². The SMILES string of the molecule is CCNC1COCC1C(=O)NCCc1ccc(Cl)s1. The summed E-state index contributed by atoms with van der Waals surface area (Å²) in [5.41, 5.74) is 0. The van der Waals surface area contributed by atoms with Crippen LogP contribution < -0.4 is 10.6 Å². The minimum absolute atomic E-state index is 0.0751. The highest BCUT2D eigenvalue weighted by Crippen LogP contribution is 2.21. The summed E-state index contributed by atoms with van der Waals surface area (Å²) in [6, 6.07) is 4.02. The van der Waals surface area contributed by atoms with Crippen LogP contribution >= 0.6 is 22.9 Å². The van der Waals surface area contributed by atoms with Gasteiger partial charge in [-0.3, -0.25) is 4.79 Å². The van der Waals surface area contributed by atoms with Crippen LogP contribution in [0, 0.1) is 5.92 Å². The van der Waals surface area contributed by atoms with Crippen LogP contribution in [-0.2, 0) is 16.0 Å². The fourth-order valence-electron chi connectivity index (χ4n) is 2.20. The standard InChI is InChI=1S/C13H19ClN2O2S/c1-2-15-11-8-18-7-10(11)13(17)16-6-5-9-3-4-12(14)19-9/h3-4,10-11,15H,2,5-8H2,1H3,(H,16,17). The molecule has 2 heterocycles. The van der Waals surface area contributed by atoms with Gasteiger partial charge in [-0.2, -0.15) is 0 Å². The van der Waals surface area contributed by atoms with Gasteiger partial charge in [-0.05, 0) is 25.1 Å². The summed E-state index contributed by atoms with van der Waals surface area (Å²) in [5, 5.41) is 6.26. The maximum Gasteiger partial charge on any atom is 0.227 e. The molecule has 4 nitrogen and oxygen atoms in total. The van der Waals surface area contributed by atoms with E-state index in [0.717, 1.165) is 17.3 Å². The van der Waals surface area contributed by atoms with Crippen LogP contribution in [0.15, 0.2) is 12.1 Å². The van der Waals surface area contributed by atoms with E-state index in [1.165, 1.54) is 4.88 Å². The highest BCUT2D eigenvalue weighted by Gasteiger charge is 2.33. The number of hydrogen-bond acceptors (Lipinski definition) is 4. The van der Waals surface area contributed by atoms with E-state index < -0.39 is 0 Å². The average molecular weight is 303 g/mol. The smallest absolute Gasteiger partial charge is 0.227 e. The molecule has 0 aliphatic carbocycles. The number of ether oxygens (including phenoxy) is 1. The number of amides is 1. The van der Waals surface area contributed by atoms with Crippen molar-refractivity contribution in [1.29, 1.82) is 0 Å². The first kappa shape index (κ1) is 14.8. The maximum absolute atomic E-state index is 12.1. The molecular formula is C13H19ClN2O2S. The Labute approximate surface area is 122 Å². The van der Waals surface area contributed by atoms with Crippen molar-refractivity contribution in [2.45, 2.75) is 19.4 Å². The molecule has 1 aliphatic rings. The molecule has 0 bridgehead atoms. The number of rotatable bonds is 6. The third-order valence-corrected chi connectivity index (χ3v) is 4.47. The second-order valence-electron chi connectivity index (χ2n) is 4.55. The third-order valence-electron chi connectivity index (χ3n) is 3.18. The summed E-state index contributed by atoms with van der Waals surface area (Å²) in [4.78, 5) is 13.3. The fraction of sp³-hybridized carbons (Fsp3) is 0.615. The third kappa shape index (κ3) is 4.18. The molecule has 1 aromatic heterocycles. The first-order chi connectivity index (χ1) is 9.20. The molecule has 0 spiro atoms. The summed E-state index contributed by atoms with van der Waals surface area (Å²) in [6.45, 7) is 4.66. The summed E-state index contributed by atoms with van der Waals surface area (Å²) >= 11 is 7.42. The summed E-state index contributed by atoms with van der Waals surface area (Å²) in [5.74, 6) is -0.00187. The van der Waals surface area contributed by atoms with Gasteiger partial charge >= 0.3 is 0 Å². The van der Waals surface area contributed by atoms with Gasteiger partial charge in [-0.1, -0.05) is 18.5 Å². The number of likely N-dealkylation sites (N-methyl/N-ethyl adjacent to an activating group) is 1. The van der Waals surface area contributed by atoms with Gasteiger partial charge in [0.25, 0.3) is 0 Å². The number of carbonyl (C=O) groups is 1. The van der Waals surface area contributed by atoms with Crippen molar-refractivity contribution in [3.8, 4) is 0 Å². The summed E-state index contributed by atoms with van der Waals surface area (Å²) in [7, 11) is 0. The first-order valence-electron chi connectivity index (χ1n) is 6.53. The number of halogens is 1. The van der Waals surface area contributed by atoms with Gasteiger partial charge in [0.15, 0.2) is 0 Å². The Hall–Kier alpha value is -0.620. The van der Waals surface area contributed by atoms with Crippen molar-refractivity contribution in [2.75, 3.05) is 26.3 Å². The lowest BCUT2D eigenvalue weighted by Gasteiger charge is -2.17. The predicted molar refractivity (Wildman–Crippen MR) is 77.8 cm³/mol. The average Bonchev–Trinajstić information content (AvgIpc) is 2.99. The Balaban J connectivity index is 1.74. The van der Waals surface area contributed by atoms with E-state index in [1.54, 1.807) is 11.3 Å². The van der Waals surface area contributed by atoms with Crippen LogP contribution in [0.3, 0.4) is 0 Å². The highest BCUT2D eigenvalue weighted by molar-refractivity contribution is 7.16. The number of carbonyl (C=O) groups excluding carboxylic acids is 1. The Bertz CT molecular complexity index is 425. The summed E-state index contributed by atoms with van der Waals surface area (Å²) < 4.78 is 6.16. The Morgan fingerprint density at radius 2 is 2.37 bits per heavy atom. The van der Waals surface area contributed by atoms with E-state index in [0.29, 0.717) is 19.8 Å². The Morgan fingerprint density at radius 1 is 1.53 bits per heavy atom. The van der Waals surface area contributed by atoms with Gasteiger partial charge in [0.1, 0.15) is 0 Å². The van der Waals surface area contributed by atoms with Crippen LogP contribution in [0.25, 0.3) is 0 Å². The largest absolute Gasteiger partial charge is 0.379 e. The minimum atomic E-state index is -0.0770. The van der Waals surface area contributed by atoms with Crippen molar-refractivity contribution >= 4 is 28.8 Å². The molecule has 2 rings (SSSR count). The zero-order valence-corrected chi connectivity index (χ0v) is 12.5. The molecule has 0 aromatic carbocycles. The van der Waals surface area contributed by atoms with Crippen LogP contribution in [-0.4, -0.2) is 38.3 Å². The lowest BCUT2D eigenvalue weighted by molar-refractivity contribution is -0.125. The molecule has 1 fully saturated rings. The molecular weight excluding hydrogens is 284 g/mol. The van der Waals surface area contributed by atoms with Crippen molar-refractivity contribution in [3.63, 3.8) is 0 Å². The Morgan fingerprint density at radius 3 is 3.05 bits per heavy atom. The van der Waals surface area contributed by atoms with E-state index in [1.807, 2.05) is 19.1 Å². The zero-order valence-electron chi connectivity index (χ0n) is 10.9. The van der Waals surface area contributed by atoms with Crippen LogP contribution in [0.2, 0.25) is 4.34 Å². The molecule has 106 valence electrons. The van der Waals surface area contributed by atoms with E-state index >= 15 is 0 Å². The van der Waals surface area contributed by atoms with E-state index in [-0.39, 0.29) is 17.9 Å². The van der Waals surface area contributed by atoms with E-state index in [2.05, 4.69) is 10.6 Å². The molecule has 19 heavy (non-hydrogen) atoms. The van der Waals surface area contributed by atoms with Crippen LogP contribution in [0.1, 0.15) is 11.8 Å². The highest BCUT2D eigenvalue weighted by atomic mass is 35.5. The van der Waals surface area contributed by atoms with Gasteiger partial charge in [0.2, 0.25) is 5.91 Å². The quantitative estimate of drug-likeness (QED) is 0.841. The molecule has 2 unspecified atom stereocenters. The molecule has 0 saturated carbocycles. The van der Waals surface area contributed by atoms with Crippen LogP contribution in [0.5, 0.6) is 0 Å². The normalized spacial score (nSPS) is 22.6. The topological polar surface area (TPSA) is 50.4 Å². The molecule has 0 radical (unpaired) electrons. The second-order valence-corrected chi connectivity index (χ2v) is 6.35. The van der Waals surface area contributed by atoms with Crippen molar-refractivity contribution in [2.24, 2.45) is 5.92 Å². The number of hydrogen-bond donors (Lipinski definition) is 2. The Kier molecular flexibility index (Phi) is 5.63. The van der Waals surface area contributed by atoms with Crippen molar-refractivity contribution < 1.29 is 9.53 Å². The predicted octanol–water partition coefficient (Wildman–Crippen LogP) is 1.68. The van der Waals surface area contributed by atoms with Gasteiger partial charge < -0.3 is 15.4 Å². The number of nitrogens with one attached hydrogen (secondary N) is 2. The molecule has 2 N–H and O–H groups in total. The lowest BCUT2D eigenvalue weighted by Crippen LogP contribution is -2.44.